The molecule has 2 unspecified atom stereocenters. The lowest BCUT2D eigenvalue weighted by Crippen LogP contribution is -2.53. The normalized spacial score (nSPS) is 16.0. The fourth-order valence-corrected chi connectivity index (χ4v) is 4.16. The van der Waals surface area contributed by atoms with E-state index in [2.05, 4.69) is 16.6 Å². The lowest BCUT2D eigenvalue weighted by atomic mass is 9.94. The zero-order valence-corrected chi connectivity index (χ0v) is 21.1. The summed E-state index contributed by atoms with van der Waals surface area (Å²) in [5.41, 5.74) is 0.694. The molecule has 0 aromatic heterocycles. The van der Waals surface area contributed by atoms with Crippen LogP contribution in [0.15, 0.2) is 24.3 Å². The van der Waals surface area contributed by atoms with Crippen molar-refractivity contribution >= 4 is 17.9 Å². The highest BCUT2D eigenvalue weighted by atomic mass is 16.6. The number of hydrogen-bond donors (Lipinski definition) is 2. The van der Waals surface area contributed by atoms with Crippen LogP contribution in [0.4, 0.5) is 4.79 Å². The van der Waals surface area contributed by atoms with Gasteiger partial charge in [0.25, 0.3) is 0 Å². The summed E-state index contributed by atoms with van der Waals surface area (Å²) in [6.07, 6.45) is 10.7. The molecule has 1 saturated carbocycles. The highest BCUT2D eigenvalue weighted by Gasteiger charge is 2.35. The number of benzene rings is 1. The van der Waals surface area contributed by atoms with Crippen molar-refractivity contribution in [3.8, 4) is 12.3 Å². The summed E-state index contributed by atoms with van der Waals surface area (Å²) in [7, 11) is 0. The predicted molar refractivity (Wildman–Crippen MR) is 133 cm³/mol. The zero-order chi connectivity index (χ0) is 25.3. The Morgan fingerprint density at radius 3 is 2.29 bits per heavy atom. The Balaban J connectivity index is 2.32. The molecule has 34 heavy (non-hydrogen) atoms. The smallest absolute Gasteiger partial charge is 0.408 e. The van der Waals surface area contributed by atoms with E-state index in [1.54, 1.807) is 56.9 Å². The Bertz CT molecular complexity index is 877. The molecule has 2 rings (SSSR count). The van der Waals surface area contributed by atoms with Crippen molar-refractivity contribution in [3.05, 3.63) is 35.4 Å². The first-order valence-corrected chi connectivity index (χ1v) is 12.2. The maximum Gasteiger partial charge on any atom is 0.408 e. The summed E-state index contributed by atoms with van der Waals surface area (Å²) in [5, 5.41) is 5.77. The number of amides is 3. The summed E-state index contributed by atoms with van der Waals surface area (Å²) in [4.78, 5) is 40.9. The molecule has 0 aliphatic heterocycles. The molecule has 1 fully saturated rings. The van der Waals surface area contributed by atoms with Gasteiger partial charge < -0.3 is 20.3 Å². The van der Waals surface area contributed by atoms with Crippen molar-refractivity contribution in [3.63, 3.8) is 0 Å². The van der Waals surface area contributed by atoms with Crippen LogP contribution in [0.2, 0.25) is 0 Å². The molecule has 2 N–H and O–H groups in total. The molecule has 186 valence electrons. The number of terminal acetylenes is 1. The van der Waals surface area contributed by atoms with Gasteiger partial charge in [0.1, 0.15) is 17.7 Å². The Hall–Kier alpha value is -3.01. The largest absolute Gasteiger partial charge is 0.444 e. The summed E-state index contributed by atoms with van der Waals surface area (Å²) < 4.78 is 5.30. The second kappa shape index (κ2) is 12.5. The van der Waals surface area contributed by atoms with Crippen LogP contribution in [0.25, 0.3) is 0 Å². The SMILES string of the molecule is C#Cc1ccc(C(C(=O)NC2CCCCC2)N(CCC)C(=O)C(C)NC(=O)OC(C)(C)C)cc1. The van der Waals surface area contributed by atoms with Crippen molar-refractivity contribution < 1.29 is 19.1 Å². The van der Waals surface area contributed by atoms with Gasteiger partial charge in [0.2, 0.25) is 11.8 Å². The van der Waals surface area contributed by atoms with Gasteiger partial charge >= 0.3 is 6.09 Å². The van der Waals surface area contributed by atoms with Crippen LogP contribution in [0.3, 0.4) is 0 Å². The number of hydrogen-bond acceptors (Lipinski definition) is 4. The van der Waals surface area contributed by atoms with Crippen LogP contribution in [0, 0.1) is 12.3 Å². The fraction of sp³-hybridized carbons (Fsp3) is 0.593. The summed E-state index contributed by atoms with van der Waals surface area (Å²) >= 11 is 0. The van der Waals surface area contributed by atoms with E-state index in [0.29, 0.717) is 24.1 Å². The minimum absolute atomic E-state index is 0.102. The monoisotopic (exact) mass is 469 g/mol. The third kappa shape index (κ3) is 8.09. The van der Waals surface area contributed by atoms with Gasteiger partial charge in [-0.15, -0.1) is 6.42 Å². The van der Waals surface area contributed by atoms with E-state index in [1.165, 1.54) is 6.42 Å². The molecule has 1 aliphatic rings. The first kappa shape index (κ1) is 27.2. The number of carbonyl (C=O) groups excluding carboxylic acids is 3. The lowest BCUT2D eigenvalue weighted by molar-refractivity contribution is -0.142. The minimum atomic E-state index is -0.864. The predicted octanol–water partition coefficient (Wildman–Crippen LogP) is 4.31. The highest BCUT2D eigenvalue weighted by molar-refractivity contribution is 5.92. The van der Waals surface area contributed by atoms with Crippen molar-refractivity contribution in [2.75, 3.05) is 6.54 Å². The number of carbonyl (C=O) groups is 3. The summed E-state index contributed by atoms with van der Waals surface area (Å²) in [6.45, 7) is 9.19. The van der Waals surface area contributed by atoms with E-state index in [4.69, 9.17) is 11.2 Å². The van der Waals surface area contributed by atoms with Crippen LogP contribution >= 0.6 is 0 Å². The van der Waals surface area contributed by atoms with Crippen LogP contribution in [-0.4, -0.2) is 47.0 Å². The molecule has 0 saturated heterocycles. The minimum Gasteiger partial charge on any atom is -0.444 e. The molecule has 0 spiro atoms. The molecule has 3 amide bonds. The summed E-state index contributed by atoms with van der Waals surface area (Å²) in [5.74, 6) is 2.02. The average molecular weight is 470 g/mol. The number of nitrogens with one attached hydrogen (secondary N) is 2. The second-order valence-electron chi connectivity index (χ2n) is 9.91. The van der Waals surface area contributed by atoms with E-state index in [0.717, 1.165) is 25.7 Å². The Kier molecular flexibility index (Phi) is 9.97. The molecular weight excluding hydrogens is 430 g/mol. The third-order valence-electron chi connectivity index (χ3n) is 5.76. The van der Waals surface area contributed by atoms with E-state index < -0.39 is 23.8 Å². The zero-order valence-electron chi connectivity index (χ0n) is 21.1. The second-order valence-corrected chi connectivity index (χ2v) is 9.91. The van der Waals surface area contributed by atoms with Crippen molar-refractivity contribution in [2.24, 2.45) is 0 Å². The molecule has 7 nitrogen and oxygen atoms in total. The quantitative estimate of drug-likeness (QED) is 0.556. The first-order chi connectivity index (χ1) is 16.1. The van der Waals surface area contributed by atoms with Gasteiger partial charge in [0.05, 0.1) is 0 Å². The van der Waals surface area contributed by atoms with Crippen molar-refractivity contribution in [1.29, 1.82) is 0 Å². The first-order valence-electron chi connectivity index (χ1n) is 12.2. The summed E-state index contributed by atoms with van der Waals surface area (Å²) in [6, 6.07) is 5.54. The van der Waals surface area contributed by atoms with Gasteiger partial charge in [-0.3, -0.25) is 9.59 Å². The molecule has 1 aromatic carbocycles. The number of rotatable bonds is 8. The molecule has 0 bridgehead atoms. The number of ether oxygens (including phenoxy) is 1. The van der Waals surface area contributed by atoms with Crippen LogP contribution in [-0.2, 0) is 14.3 Å². The lowest BCUT2D eigenvalue weighted by Gasteiger charge is -2.35. The molecule has 0 heterocycles. The standard InChI is InChI=1S/C27H39N3O4/c1-7-18-30(25(32)19(3)28-26(33)34-27(4,5)6)23(21-16-14-20(8-2)15-17-21)24(31)29-22-12-10-9-11-13-22/h2,14-17,19,22-23H,7,9-13,18H2,1,3-6H3,(H,28,33)(H,29,31). The maximum absolute atomic E-state index is 13.6. The third-order valence-corrected chi connectivity index (χ3v) is 5.76. The number of nitrogens with zero attached hydrogens (tertiary/aromatic N) is 1. The highest BCUT2D eigenvalue weighted by Crippen LogP contribution is 2.25. The van der Waals surface area contributed by atoms with Gasteiger partial charge in [0, 0.05) is 18.2 Å². The van der Waals surface area contributed by atoms with E-state index in [9.17, 15) is 14.4 Å². The molecule has 1 aromatic rings. The van der Waals surface area contributed by atoms with Gasteiger partial charge in [-0.1, -0.05) is 44.2 Å². The molecular formula is C27H39N3O4. The molecule has 1 aliphatic carbocycles. The van der Waals surface area contributed by atoms with Crippen LogP contribution in [0.1, 0.15) is 90.3 Å². The van der Waals surface area contributed by atoms with Crippen molar-refractivity contribution in [1.82, 2.24) is 15.5 Å². The van der Waals surface area contributed by atoms with E-state index >= 15 is 0 Å². The van der Waals surface area contributed by atoms with Gasteiger partial charge in [-0.05, 0) is 64.7 Å². The molecule has 0 radical (unpaired) electrons. The molecule has 7 heteroatoms. The van der Waals surface area contributed by atoms with E-state index in [-0.39, 0.29) is 17.9 Å². The average Bonchev–Trinajstić information content (AvgIpc) is 2.78. The van der Waals surface area contributed by atoms with Crippen LogP contribution in [0.5, 0.6) is 0 Å². The van der Waals surface area contributed by atoms with Crippen LogP contribution < -0.4 is 10.6 Å². The van der Waals surface area contributed by atoms with E-state index in [1.807, 2.05) is 6.92 Å². The Morgan fingerprint density at radius 2 is 1.76 bits per heavy atom. The topological polar surface area (TPSA) is 87.7 Å². The maximum atomic E-state index is 13.6. The number of alkyl carbamates (subject to hydrolysis) is 1. The van der Waals surface area contributed by atoms with Gasteiger partial charge in [-0.2, -0.15) is 0 Å². The Labute approximate surface area is 204 Å². The van der Waals surface area contributed by atoms with Gasteiger partial charge in [0.15, 0.2) is 0 Å². The Morgan fingerprint density at radius 1 is 1.15 bits per heavy atom. The van der Waals surface area contributed by atoms with Crippen molar-refractivity contribution in [2.45, 2.75) is 96.9 Å². The molecule has 2 atom stereocenters. The van der Waals surface area contributed by atoms with Gasteiger partial charge in [-0.25, -0.2) is 4.79 Å². The fourth-order valence-electron chi connectivity index (χ4n) is 4.16.